The molecule has 0 unspecified atom stereocenters. The second kappa shape index (κ2) is 14.5. The highest BCUT2D eigenvalue weighted by Gasteiger charge is 2.44. The molecule has 67 heavy (non-hydrogen) atoms. The first kappa shape index (κ1) is 39.8. The Bertz CT molecular complexity index is 3670. The summed E-state index contributed by atoms with van der Waals surface area (Å²) in [6.07, 6.45) is 4.28. The van der Waals surface area contributed by atoms with Gasteiger partial charge in [-0.1, -0.05) is 151 Å². The number of nitrogens with zero attached hydrogens (tertiary/aromatic N) is 2. The maximum atomic E-state index is 6.40. The number of para-hydroxylation sites is 2. The lowest BCUT2D eigenvalue weighted by Crippen LogP contribution is -2.61. The van der Waals surface area contributed by atoms with E-state index in [1.807, 2.05) is 6.07 Å². The Labute approximate surface area is 392 Å². The average Bonchev–Trinajstić information content (AvgIpc) is 3.92. The highest BCUT2D eigenvalue weighted by molar-refractivity contribution is 7.00. The van der Waals surface area contributed by atoms with Crippen LogP contribution in [0.25, 0.3) is 49.6 Å². The molecule has 8 aromatic carbocycles. The molecule has 13 rings (SSSR count). The van der Waals surface area contributed by atoms with Crippen molar-refractivity contribution in [1.29, 1.82) is 0 Å². The van der Waals surface area contributed by atoms with Crippen LogP contribution in [-0.4, -0.2) is 6.71 Å². The number of hydrogen-bond donors (Lipinski definition) is 0. The van der Waals surface area contributed by atoms with Crippen molar-refractivity contribution in [2.75, 3.05) is 9.80 Å². The summed E-state index contributed by atoms with van der Waals surface area (Å²) < 4.78 is 12.7. The van der Waals surface area contributed by atoms with Crippen LogP contribution in [0.3, 0.4) is 0 Å². The van der Waals surface area contributed by atoms with E-state index in [9.17, 15) is 0 Å². The number of benzene rings is 8. The summed E-state index contributed by atoms with van der Waals surface area (Å²) in [6, 6.07) is 63.1. The Hall–Kier alpha value is -7.50. The van der Waals surface area contributed by atoms with Crippen LogP contribution < -0.4 is 26.2 Å². The molecule has 2 aliphatic heterocycles. The zero-order valence-electron chi connectivity index (χ0n) is 38.9. The second-order valence-electron chi connectivity index (χ2n) is 20.8. The predicted molar refractivity (Wildman–Crippen MR) is 282 cm³/mol. The zero-order chi connectivity index (χ0) is 45.3. The Morgan fingerprint density at radius 2 is 1.07 bits per heavy atom. The van der Waals surface area contributed by atoms with Gasteiger partial charge in [-0.15, -0.1) is 0 Å². The maximum Gasteiger partial charge on any atom is 0.252 e. The van der Waals surface area contributed by atoms with Crippen molar-refractivity contribution in [3.8, 4) is 11.1 Å². The number of aryl methyl sites for hydroxylation is 1. The smallest absolute Gasteiger partial charge is 0.252 e. The van der Waals surface area contributed by atoms with Gasteiger partial charge in [-0.2, -0.15) is 0 Å². The van der Waals surface area contributed by atoms with Crippen LogP contribution in [0, 0.1) is 0 Å². The number of anilines is 6. The van der Waals surface area contributed by atoms with Gasteiger partial charge in [-0.25, -0.2) is 0 Å². The first-order valence-electron chi connectivity index (χ1n) is 23.8. The van der Waals surface area contributed by atoms with Crippen molar-refractivity contribution in [2.45, 2.75) is 65.2 Å². The van der Waals surface area contributed by atoms with Gasteiger partial charge in [0.05, 0.1) is 0 Å². The lowest BCUT2D eigenvalue weighted by molar-refractivity contribution is 0.545. The molecule has 3 aliphatic rings. The second-order valence-corrected chi connectivity index (χ2v) is 20.8. The molecule has 0 saturated heterocycles. The fraction of sp³-hybridized carbons (Fsp3) is 0.161. The van der Waals surface area contributed by atoms with Gasteiger partial charge in [-0.3, -0.25) is 0 Å². The minimum atomic E-state index is -0.0334. The van der Waals surface area contributed by atoms with E-state index in [0.717, 1.165) is 63.1 Å². The topological polar surface area (TPSA) is 32.8 Å². The molecule has 0 bridgehead atoms. The van der Waals surface area contributed by atoms with Crippen molar-refractivity contribution in [3.05, 3.63) is 204 Å². The van der Waals surface area contributed by atoms with Crippen LogP contribution in [-0.2, 0) is 17.3 Å². The molecule has 0 saturated carbocycles. The highest BCUT2D eigenvalue weighted by Crippen LogP contribution is 2.47. The molecule has 0 atom stereocenters. The normalized spacial score (nSPS) is 14.3. The van der Waals surface area contributed by atoms with Crippen LogP contribution >= 0.6 is 0 Å². The van der Waals surface area contributed by atoms with Crippen LogP contribution in [0.4, 0.5) is 34.1 Å². The zero-order valence-corrected chi connectivity index (χ0v) is 38.9. The lowest BCUT2D eigenvalue weighted by atomic mass is 9.33. The first-order valence-corrected chi connectivity index (χ1v) is 23.8. The molecule has 0 spiro atoms. The van der Waals surface area contributed by atoms with E-state index in [2.05, 4.69) is 221 Å². The summed E-state index contributed by atoms with van der Waals surface area (Å²) in [7, 11) is 0. The average molecular weight is 867 g/mol. The van der Waals surface area contributed by atoms with Gasteiger partial charge in [0.2, 0.25) is 0 Å². The fourth-order valence-corrected chi connectivity index (χ4v) is 11.3. The minimum absolute atomic E-state index is 0.0295. The summed E-state index contributed by atoms with van der Waals surface area (Å²) in [5, 5.41) is 3.48. The van der Waals surface area contributed by atoms with Crippen LogP contribution in [0.1, 0.15) is 76.0 Å². The summed E-state index contributed by atoms with van der Waals surface area (Å²) in [4.78, 5) is 5.04. The van der Waals surface area contributed by atoms with Crippen molar-refractivity contribution in [2.24, 2.45) is 0 Å². The standard InChI is InChI=1S/C62H51BN2O2/c1-61(2,3)40-29-35-50-49(36-40)63-48-34-28-41(62(4,5)6)37-53(48)65(43-32-26-39(27-33-43)45-17-12-23-57-59(45)47-15-8-10-21-55(47)67-57)52-19-13-18-51(60(52)63)64(50)42-30-24-38(25-31-42)44-16-11-22-56-58(44)46-14-7-9-20-54(46)66-56/h7-11,13-22,24-37H,12,23H2,1-6H3. The molecule has 324 valence electrons. The van der Waals surface area contributed by atoms with Gasteiger partial charge < -0.3 is 18.6 Å². The van der Waals surface area contributed by atoms with E-state index < -0.39 is 0 Å². The summed E-state index contributed by atoms with van der Waals surface area (Å²) in [5.74, 6) is 1.09. The van der Waals surface area contributed by atoms with Crippen LogP contribution in [0.5, 0.6) is 0 Å². The van der Waals surface area contributed by atoms with E-state index in [1.54, 1.807) is 0 Å². The molecule has 0 radical (unpaired) electrons. The fourth-order valence-electron chi connectivity index (χ4n) is 11.3. The minimum Gasteiger partial charge on any atom is -0.460 e. The molecule has 0 fully saturated rings. The maximum absolute atomic E-state index is 6.40. The SMILES string of the molecule is CC(C)(C)c1ccc2c(c1)B1c3ccc(C(C)(C)C)cc3N(c3ccc(C4=CCCc5oc6ccccc6c54)cc3)c3cccc(c31)N2c1ccc(-c2cccc3oc4ccccc4c23)cc1. The van der Waals surface area contributed by atoms with Gasteiger partial charge >= 0.3 is 0 Å². The van der Waals surface area contributed by atoms with Gasteiger partial charge in [0, 0.05) is 62.3 Å². The number of furan rings is 2. The monoisotopic (exact) mass is 866 g/mol. The Balaban J connectivity index is 0.986. The van der Waals surface area contributed by atoms with Crippen molar-refractivity contribution in [3.63, 3.8) is 0 Å². The Morgan fingerprint density at radius 3 is 1.79 bits per heavy atom. The number of rotatable bonds is 4. The molecular weight excluding hydrogens is 816 g/mol. The largest absolute Gasteiger partial charge is 0.460 e. The van der Waals surface area contributed by atoms with Crippen LogP contribution in [0.15, 0.2) is 185 Å². The van der Waals surface area contributed by atoms with Gasteiger partial charge in [-0.05, 0) is 134 Å². The summed E-state index contributed by atoms with van der Waals surface area (Å²) >= 11 is 0. The first-order chi connectivity index (χ1) is 32.5. The van der Waals surface area contributed by atoms with Crippen molar-refractivity contribution in [1.82, 2.24) is 0 Å². The molecule has 0 amide bonds. The summed E-state index contributed by atoms with van der Waals surface area (Å²) in [6.45, 7) is 14.0. The molecule has 2 aromatic heterocycles. The summed E-state index contributed by atoms with van der Waals surface area (Å²) in [5.41, 5.74) is 22.5. The van der Waals surface area contributed by atoms with E-state index in [1.165, 1.54) is 77.9 Å². The van der Waals surface area contributed by atoms with E-state index in [-0.39, 0.29) is 17.5 Å². The van der Waals surface area contributed by atoms with E-state index in [0.29, 0.717) is 0 Å². The molecule has 4 nitrogen and oxygen atoms in total. The number of fused-ring (bicyclic) bond motifs is 10. The van der Waals surface area contributed by atoms with Gasteiger partial charge in [0.25, 0.3) is 6.71 Å². The predicted octanol–water partition coefficient (Wildman–Crippen LogP) is 15.1. The number of hydrogen-bond acceptors (Lipinski definition) is 4. The molecule has 10 aromatic rings. The molecule has 1 aliphatic carbocycles. The van der Waals surface area contributed by atoms with Gasteiger partial charge in [0.15, 0.2) is 0 Å². The molecule has 0 N–H and O–H groups in total. The van der Waals surface area contributed by atoms with Gasteiger partial charge in [0.1, 0.15) is 22.5 Å². The molecule has 5 heteroatoms. The molecule has 4 heterocycles. The third-order valence-corrected chi connectivity index (χ3v) is 14.7. The lowest BCUT2D eigenvalue weighted by Gasteiger charge is -2.44. The highest BCUT2D eigenvalue weighted by atomic mass is 16.3. The van der Waals surface area contributed by atoms with E-state index >= 15 is 0 Å². The van der Waals surface area contributed by atoms with Crippen molar-refractivity contribution >= 4 is 95.7 Å². The molecular formula is C62H51BN2O2. The quantitative estimate of drug-likeness (QED) is 0.165. The van der Waals surface area contributed by atoms with Crippen molar-refractivity contribution < 1.29 is 8.83 Å². The third-order valence-electron chi connectivity index (χ3n) is 14.7. The van der Waals surface area contributed by atoms with E-state index in [4.69, 9.17) is 8.83 Å². The number of allylic oxidation sites excluding steroid dienone is 1. The Morgan fingerprint density at radius 1 is 0.478 bits per heavy atom. The third kappa shape index (κ3) is 6.13. The Kier molecular flexibility index (Phi) is 8.62. The van der Waals surface area contributed by atoms with Crippen LogP contribution in [0.2, 0.25) is 0 Å².